The number of ether oxygens (including phenoxy) is 4. The molecule has 2 aliphatic heterocycles. The Kier molecular flexibility index (Phi) is 6.76. The van der Waals surface area contributed by atoms with Crippen LogP contribution < -0.4 is 20.1 Å². The minimum atomic E-state index is 0.283. The molecule has 0 radical (unpaired) electrons. The van der Waals surface area contributed by atoms with Gasteiger partial charge in [0, 0.05) is 38.9 Å². The summed E-state index contributed by atoms with van der Waals surface area (Å²) < 4.78 is 22.1. The van der Waals surface area contributed by atoms with E-state index in [1.807, 2.05) is 18.2 Å². The lowest BCUT2D eigenvalue weighted by Crippen LogP contribution is -2.37. The third-order valence-corrected chi connectivity index (χ3v) is 4.23. The highest BCUT2D eigenvalue weighted by molar-refractivity contribution is 5.79. The second-order valence-corrected chi connectivity index (χ2v) is 6.07. The summed E-state index contributed by atoms with van der Waals surface area (Å²) in [4.78, 5) is 4.24. The molecule has 7 heteroatoms. The quantitative estimate of drug-likeness (QED) is 0.422. The van der Waals surface area contributed by atoms with Crippen molar-refractivity contribution in [1.29, 1.82) is 0 Å². The van der Waals surface area contributed by atoms with Crippen LogP contribution in [0.4, 0.5) is 0 Å². The van der Waals surface area contributed by atoms with Crippen LogP contribution in [0, 0.1) is 0 Å². The van der Waals surface area contributed by atoms with E-state index in [-0.39, 0.29) is 6.79 Å². The Bertz CT molecular complexity index is 573. The standard InChI is InChI=1S/C18H27N3O4/c1-19-18(20-8-4-9-22-12-15-6-3-10-23-15)21-11-14-5-2-7-16-17(14)25-13-24-16/h2,5,7,15H,3-4,6,8-13H2,1H3,(H2,19,20,21). The molecule has 1 aromatic rings. The van der Waals surface area contributed by atoms with Gasteiger partial charge in [0.05, 0.1) is 12.7 Å². The van der Waals surface area contributed by atoms with Crippen molar-refractivity contribution in [2.75, 3.05) is 40.2 Å². The Labute approximate surface area is 148 Å². The number of hydrogen-bond donors (Lipinski definition) is 2. The van der Waals surface area contributed by atoms with E-state index in [4.69, 9.17) is 18.9 Å². The Hall–Kier alpha value is -1.99. The molecule has 0 aliphatic carbocycles. The van der Waals surface area contributed by atoms with E-state index in [0.29, 0.717) is 19.3 Å². The van der Waals surface area contributed by atoms with Gasteiger partial charge in [-0.1, -0.05) is 12.1 Å². The lowest BCUT2D eigenvalue weighted by Gasteiger charge is -2.13. The average Bonchev–Trinajstić information content (AvgIpc) is 3.32. The van der Waals surface area contributed by atoms with E-state index in [1.165, 1.54) is 0 Å². The average molecular weight is 349 g/mol. The Morgan fingerprint density at radius 3 is 3.12 bits per heavy atom. The second kappa shape index (κ2) is 9.48. The molecule has 0 bridgehead atoms. The van der Waals surface area contributed by atoms with E-state index in [2.05, 4.69) is 15.6 Å². The fourth-order valence-electron chi connectivity index (χ4n) is 2.90. The minimum absolute atomic E-state index is 0.283. The molecule has 25 heavy (non-hydrogen) atoms. The lowest BCUT2D eigenvalue weighted by atomic mass is 10.2. The van der Waals surface area contributed by atoms with Crippen molar-refractivity contribution in [2.45, 2.75) is 31.9 Å². The van der Waals surface area contributed by atoms with Crippen LogP contribution in [0.25, 0.3) is 0 Å². The zero-order chi connectivity index (χ0) is 17.3. The molecule has 138 valence electrons. The molecule has 2 aliphatic rings. The number of para-hydroxylation sites is 1. The molecule has 3 rings (SSSR count). The fourth-order valence-corrected chi connectivity index (χ4v) is 2.90. The first-order valence-electron chi connectivity index (χ1n) is 8.88. The molecule has 1 unspecified atom stereocenters. The molecule has 0 saturated carbocycles. The van der Waals surface area contributed by atoms with Crippen molar-refractivity contribution in [3.8, 4) is 11.5 Å². The van der Waals surface area contributed by atoms with Gasteiger partial charge in [-0.2, -0.15) is 0 Å². The van der Waals surface area contributed by atoms with Gasteiger partial charge in [0.25, 0.3) is 0 Å². The molecule has 1 saturated heterocycles. The van der Waals surface area contributed by atoms with Crippen LogP contribution in [0.5, 0.6) is 11.5 Å². The first kappa shape index (κ1) is 17.8. The van der Waals surface area contributed by atoms with Gasteiger partial charge in [0.2, 0.25) is 6.79 Å². The molecule has 0 amide bonds. The van der Waals surface area contributed by atoms with Crippen LogP contribution >= 0.6 is 0 Å². The molecule has 0 aromatic heterocycles. The predicted octanol–water partition coefficient (Wildman–Crippen LogP) is 1.67. The van der Waals surface area contributed by atoms with Crippen LogP contribution in [-0.2, 0) is 16.0 Å². The molecule has 7 nitrogen and oxygen atoms in total. The lowest BCUT2D eigenvalue weighted by molar-refractivity contribution is 0.0168. The van der Waals surface area contributed by atoms with Gasteiger partial charge in [0.1, 0.15) is 0 Å². The van der Waals surface area contributed by atoms with Crippen LogP contribution in [0.3, 0.4) is 0 Å². The van der Waals surface area contributed by atoms with Crippen molar-refractivity contribution in [3.05, 3.63) is 23.8 Å². The Morgan fingerprint density at radius 1 is 1.32 bits per heavy atom. The zero-order valence-electron chi connectivity index (χ0n) is 14.8. The second-order valence-electron chi connectivity index (χ2n) is 6.07. The number of fused-ring (bicyclic) bond motifs is 1. The monoisotopic (exact) mass is 349 g/mol. The number of aliphatic imine (C=N–C) groups is 1. The summed E-state index contributed by atoms with van der Waals surface area (Å²) in [6.45, 7) is 4.01. The van der Waals surface area contributed by atoms with Crippen molar-refractivity contribution in [3.63, 3.8) is 0 Å². The first-order chi connectivity index (χ1) is 12.4. The zero-order valence-corrected chi connectivity index (χ0v) is 14.8. The first-order valence-corrected chi connectivity index (χ1v) is 8.88. The number of rotatable bonds is 8. The summed E-state index contributed by atoms with van der Waals surface area (Å²) in [6, 6.07) is 5.90. The van der Waals surface area contributed by atoms with E-state index in [9.17, 15) is 0 Å². The maximum absolute atomic E-state index is 5.66. The molecule has 1 fully saturated rings. The van der Waals surface area contributed by atoms with Crippen molar-refractivity contribution >= 4 is 5.96 Å². The van der Waals surface area contributed by atoms with Gasteiger partial charge in [-0.3, -0.25) is 4.99 Å². The van der Waals surface area contributed by atoms with Crippen LogP contribution in [0.15, 0.2) is 23.2 Å². The van der Waals surface area contributed by atoms with Crippen LogP contribution in [0.1, 0.15) is 24.8 Å². The maximum atomic E-state index is 5.66. The van der Waals surface area contributed by atoms with Gasteiger partial charge in [-0.05, 0) is 25.3 Å². The summed E-state index contributed by atoms with van der Waals surface area (Å²) in [5.41, 5.74) is 1.05. The van der Waals surface area contributed by atoms with E-state index >= 15 is 0 Å². The van der Waals surface area contributed by atoms with Gasteiger partial charge in [-0.25, -0.2) is 0 Å². The largest absolute Gasteiger partial charge is 0.454 e. The van der Waals surface area contributed by atoms with Gasteiger partial charge in [0.15, 0.2) is 17.5 Å². The number of guanidine groups is 1. The molecule has 2 heterocycles. The highest BCUT2D eigenvalue weighted by atomic mass is 16.7. The number of hydrogen-bond acceptors (Lipinski definition) is 5. The number of benzene rings is 1. The molecule has 1 atom stereocenters. The van der Waals surface area contributed by atoms with Gasteiger partial charge >= 0.3 is 0 Å². The van der Waals surface area contributed by atoms with Crippen LogP contribution in [-0.4, -0.2) is 52.3 Å². The summed E-state index contributed by atoms with van der Waals surface area (Å²) in [5, 5.41) is 6.59. The SMILES string of the molecule is CN=C(NCCCOCC1CCCO1)NCc1cccc2c1OCO2. The highest BCUT2D eigenvalue weighted by Crippen LogP contribution is 2.35. The third kappa shape index (κ3) is 5.24. The third-order valence-electron chi connectivity index (χ3n) is 4.23. The summed E-state index contributed by atoms with van der Waals surface area (Å²) in [5.74, 6) is 2.37. The number of nitrogens with one attached hydrogen (secondary N) is 2. The summed E-state index contributed by atoms with van der Waals surface area (Å²) in [7, 11) is 1.76. The topological polar surface area (TPSA) is 73.3 Å². The Morgan fingerprint density at radius 2 is 2.28 bits per heavy atom. The minimum Gasteiger partial charge on any atom is -0.454 e. The molecule has 1 aromatic carbocycles. The smallest absolute Gasteiger partial charge is 0.231 e. The van der Waals surface area contributed by atoms with E-state index in [0.717, 1.165) is 62.0 Å². The predicted molar refractivity (Wildman–Crippen MR) is 95.2 cm³/mol. The summed E-state index contributed by atoms with van der Waals surface area (Å²) in [6.07, 6.45) is 3.48. The maximum Gasteiger partial charge on any atom is 0.231 e. The Balaban J connectivity index is 1.31. The number of nitrogens with zero attached hydrogens (tertiary/aromatic N) is 1. The fraction of sp³-hybridized carbons (Fsp3) is 0.611. The van der Waals surface area contributed by atoms with Crippen molar-refractivity contribution < 1.29 is 18.9 Å². The molecule has 0 spiro atoms. The van der Waals surface area contributed by atoms with E-state index in [1.54, 1.807) is 7.05 Å². The van der Waals surface area contributed by atoms with Gasteiger partial charge in [-0.15, -0.1) is 0 Å². The highest BCUT2D eigenvalue weighted by Gasteiger charge is 2.17. The normalized spacial score (nSPS) is 19.2. The van der Waals surface area contributed by atoms with Crippen molar-refractivity contribution in [1.82, 2.24) is 10.6 Å². The molecular formula is C18H27N3O4. The molecule has 2 N–H and O–H groups in total. The van der Waals surface area contributed by atoms with Crippen LogP contribution in [0.2, 0.25) is 0 Å². The van der Waals surface area contributed by atoms with Crippen molar-refractivity contribution in [2.24, 2.45) is 4.99 Å². The van der Waals surface area contributed by atoms with Gasteiger partial charge < -0.3 is 29.6 Å². The van der Waals surface area contributed by atoms with E-state index < -0.39 is 0 Å². The summed E-state index contributed by atoms with van der Waals surface area (Å²) >= 11 is 0. The molecular weight excluding hydrogens is 322 g/mol.